The van der Waals surface area contributed by atoms with Crippen LogP contribution in [0.3, 0.4) is 0 Å². The molecule has 0 saturated carbocycles. The third kappa shape index (κ3) is 3.49. The first kappa shape index (κ1) is 15.8. The number of rotatable bonds is 4. The van der Waals surface area contributed by atoms with Crippen molar-refractivity contribution >= 4 is 0 Å². The number of hydrogen-bond donors (Lipinski definition) is 1. The first-order valence-corrected chi connectivity index (χ1v) is 7.98. The number of phenols is 1. The van der Waals surface area contributed by atoms with Crippen LogP contribution in [0.2, 0.25) is 0 Å². The molecule has 1 saturated heterocycles. The van der Waals surface area contributed by atoms with E-state index in [-0.39, 0.29) is 5.75 Å². The molecule has 1 aliphatic heterocycles. The molecule has 2 aromatic rings. The molecule has 0 spiro atoms. The predicted octanol–water partition coefficient (Wildman–Crippen LogP) is 3.46. The summed E-state index contributed by atoms with van der Waals surface area (Å²) in [6.45, 7) is 5.84. The fourth-order valence-corrected chi connectivity index (χ4v) is 2.99. The van der Waals surface area contributed by atoms with Crippen LogP contribution in [-0.4, -0.2) is 43.4 Å². The Morgan fingerprint density at radius 2 is 1.70 bits per heavy atom. The van der Waals surface area contributed by atoms with Gasteiger partial charge in [0.05, 0.1) is 20.3 Å². The molecule has 1 heterocycles. The van der Waals surface area contributed by atoms with Crippen LogP contribution in [0.1, 0.15) is 18.5 Å². The van der Waals surface area contributed by atoms with Crippen LogP contribution in [0.25, 0.3) is 11.1 Å². The lowest BCUT2D eigenvalue weighted by atomic mass is 10.00. The lowest BCUT2D eigenvalue weighted by Gasteiger charge is -2.32. The molecule has 1 fully saturated rings. The smallest absolute Gasteiger partial charge is 0.161 e. The van der Waals surface area contributed by atoms with Crippen LogP contribution in [-0.2, 0) is 4.74 Å². The molecule has 0 amide bonds. The fourth-order valence-electron chi connectivity index (χ4n) is 2.99. The summed E-state index contributed by atoms with van der Waals surface area (Å²) >= 11 is 0. The van der Waals surface area contributed by atoms with Gasteiger partial charge in [0.2, 0.25) is 0 Å². The molecule has 4 nitrogen and oxygen atoms in total. The third-order valence-corrected chi connectivity index (χ3v) is 4.50. The van der Waals surface area contributed by atoms with Crippen LogP contribution in [0, 0.1) is 0 Å². The zero-order chi connectivity index (χ0) is 16.2. The molecule has 1 atom stereocenters. The molecule has 0 radical (unpaired) electrons. The molecule has 122 valence electrons. The van der Waals surface area contributed by atoms with Crippen molar-refractivity contribution in [1.29, 1.82) is 0 Å². The van der Waals surface area contributed by atoms with Crippen molar-refractivity contribution in [3.63, 3.8) is 0 Å². The number of hydrogen-bond acceptors (Lipinski definition) is 4. The second-order valence-electron chi connectivity index (χ2n) is 5.83. The minimum absolute atomic E-state index is 0.161. The minimum atomic E-state index is 0.161. The quantitative estimate of drug-likeness (QED) is 0.938. The van der Waals surface area contributed by atoms with Gasteiger partial charge >= 0.3 is 0 Å². The number of phenolic OH excluding ortho intramolecular Hbond substituents is 1. The summed E-state index contributed by atoms with van der Waals surface area (Å²) in [7, 11) is 1.56. The second kappa shape index (κ2) is 7.02. The van der Waals surface area contributed by atoms with E-state index in [9.17, 15) is 5.11 Å². The highest BCUT2D eigenvalue weighted by Crippen LogP contribution is 2.32. The zero-order valence-corrected chi connectivity index (χ0v) is 13.7. The van der Waals surface area contributed by atoms with E-state index in [1.165, 1.54) is 5.56 Å². The molecule has 3 rings (SSSR count). The second-order valence-corrected chi connectivity index (χ2v) is 5.83. The molecule has 0 aromatic heterocycles. The van der Waals surface area contributed by atoms with Gasteiger partial charge in [0, 0.05) is 19.1 Å². The van der Waals surface area contributed by atoms with Crippen LogP contribution in [0.4, 0.5) is 0 Å². The number of aromatic hydroxyl groups is 1. The van der Waals surface area contributed by atoms with E-state index in [0.717, 1.165) is 37.4 Å². The maximum absolute atomic E-state index is 9.70. The van der Waals surface area contributed by atoms with Gasteiger partial charge in [0.15, 0.2) is 11.5 Å². The summed E-state index contributed by atoms with van der Waals surface area (Å²) in [5.41, 5.74) is 3.45. The van der Waals surface area contributed by atoms with Gasteiger partial charge in [0.25, 0.3) is 0 Å². The molecular weight excluding hydrogens is 290 g/mol. The van der Waals surface area contributed by atoms with Crippen LogP contribution >= 0.6 is 0 Å². The Bertz CT molecular complexity index is 648. The first-order chi connectivity index (χ1) is 11.2. The largest absolute Gasteiger partial charge is 0.504 e. The van der Waals surface area contributed by atoms with Crippen molar-refractivity contribution in [1.82, 2.24) is 4.90 Å². The van der Waals surface area contributed by atoms with Crippen molar-refractivity contribution in [2.75, 3.05) is 33.4 Å². The Morgan fingerprint density at radius 3 is 2.35 bits per heavy atom. The molecule has 1 unspecified atom stereocenters. The number of nitrogens with zero attached hydrogens (tertiary/aromatic N) is 1. The Labute approximate surface area is 137 Å². The van der Waals surface area contributed by atoms with E-state index in [1.807, 2.05) is 12.1 Å². The van der Waals surface area contributed by atoms with Gasteiger partial charge in [-0.1, -0.05) is 30.3 Å². The highest BCUT2D eigenvalue weighted by Gasteiger charge is 2.18. The Balaban J connectivity index is 1.78. The molecule has 2 aromatic carbocycles. The van der Waals surface area contributed by atoms with Gasteiger partial charge in [-0.25, -0.2) is 0 Å². The Morgan fingerprint density at radius 1 is 1.04 bits per heavy atom. The predicted molar refractivity (Wildman–Crippen MR) is 90.9 cm³/mol. The van der Waals surface area contributed by atoms with Crippen molar-refractivity contribution in [2.24, 2.45) is 0 Å². The highest BCUT2D eigenvalue weighted by atomic mass is 16.5. The number of ether oxygens (including phenoxy) is 2. The van der Waals surface area contributed by atoms with Gasteiger partial charge in [0.1, 0.15) is 0 Å². The molecule has 4 heteroatoms. The molecule has 0 aliphatic carbocycles. The molecular formula is C19H23NO3. The Hall–Kier alpha value is -2.04. The molecule has 1 N–H and O–H groups in total. The van der Waals surface area contributed by atoms with Crippen molar-refractivity contribution in [2.45, 2.75) is 13.0 Å². The van der Waals surface area contributed by atoms with E-state index in [0.29, 0.717) is 11.8 Å². The summed E-state index contributed by atoms with van der Waals surface area (Å²) in [5.74, 6) is 0.655. The molecule has 0 bridgehead atoms. The van der Waals surface area contributed by atoms with Gasteiger partial charge in [-0.15, -0.1) is 0 Å². The maximum Gasteiger partial charge on any atom is 0.161 e. The van der Waals surface area contributed by atoms with E-state index in [2.05, 4.69) is 36.1 Å². The van der Waals surface area contributed by atoms with E-state index in [4.69, 9.17) is 9.47 Å². The van der Waals surface area contributed by atoms with Crippen LogP contribution < -0.4 is 4.74 Å². The SMILES string of the molecule is COc1cc(-c2ccc(C(C)N3CCOCC3)cc2)ccc1O. The average Bonchev–Trinajstić information content (AvgIpc) is 2.62. The lowest BCUT2D eigenvalue weighted by molar-refractivity contribution is 0.0198. The minimum Gasteiger partial charge on any atom is -0.504 e. The standard InChI is InChI=1S/C19H23NO3/c1-14(20-9-11-23-12-10-20)15-3-5-16(6-4-15)17-7-8-18(21)19(13-17)22-2/h3-8,13-14,21H,9-12H2,1-2H3. The number of methoxy groups -OCH3 is 1. The van der Waals surface area contributed by atoms with Crippen molar-refractivity contribution in [3.8, 4) is 22.6 Å². The molecule has 1 aliphatic rings. The van der Waals surface area contributed by atoms with E-state index in [1.54, 1.807) is 13.2 Å². The first-order valence-electron chi connectivity index (χ1n) is 7.98. The average molecular weight is 313 g/mol. The lowest BCUT2D eigenvalue weighted by Crippen LogP contribution is -2.37. The summed E-state index contributed by atoms with van der Waals surface area (Å²) in [5, 5.41) is 9.70. The number of benzene rings is 2. The van der Waals surface area contributed by atoms with Crippen LogP contribution in [0.5, 0.6) is 11.5 Å². The molecule has 23 heavy (non-hydrogen) atoms. The Kier molecular flexibility index (Phi) is 4.84. The van der Waals surface area contributed by atoms with E-state index < -0.39 is 0 Å². The van der Waals surface area contributed by atoms with E-state index >= 15 is 0 Å². The van der Waals surface area contributed by atoms with Crippen LogP contribution in [0.15, 0.2) is 42.5 Å². The summed E-state index contributed by atoms with van der Waals surface area (Å²) in [6, 6.07) is 14.4. The third-order valence-electron chi connectivity index (χ3n) is 4.50. The normalized spacial score (nSPS) is 17.0. The van der Waals surface area contributed by atoms with Gasteiger partial charge in [-0.3, -0.25) is 4.90 Å². The summed E-state index contributed by atoms with van der Waals surface area (Å²) < 4.78 is 10.6. The van der Waals surface area contributed by atoms with Gasteiger partial charge in [-0.2, -0.15) is 0 Å². The number of morpholine rings is 1. The maximum atomic E-state index is 9.70. The highest BCUT2D eigenvalue weighted by molar-refractivity contribution is 5.67. The zero-order valence-electron chi connectivity index (χ0n) is 13.7. The van der Waals surface area contributed by atoms with Gasteiger partial charge in [-0.05, 0) is 35.7 Å². The monoisotopic (exact) mass is 313 g/mol. The topological polar surface area (TPSA) is 41.9 Å². The summed E-state index contributed by atoms with van der Waals surface area (Å²) in [6.07, 6.45) is 0. The van der Waals surface area contributed by atoms with Crippen molar-refractivity contribution in [3.05, 3.63) is 48.0 Å². The van der Waals surface area contributed by atoms with Crippen molar-refractivity contribution < 1.29 is 14.6 Å². The fraction of sp³-hybridized carbons (Fsp3) is 0.368. The van der Waals surface area contributed by atoms with Gasteiger partial charge < -0.3 is 14.6 Å². The summed E-state index contributed by atoms with van der Waals surface area (Å²) in [4.78, 5) is 2.45.